The van der Waals surface area contributed by atoms with Gasteiger partial charge < -0.3 is 10.1 Å². The van der Waals surface area contributed by atoms with Crippen molar-refractivity contribution in [1.29, 1.82) is 0 Å². The van der Waals surface area contributed by atoms with Crippen molar-refractivity contribution in [3.8, 4) is 5.69 Å². The summed E-state index contributed by atoms with van der Waals surface area (Å²) in [7, 11) is 1.39. The van der Waals surface area contributed by atoms with E-state index in [1.807, 2.05) is 23.0 Å². The molecule has 0 saturated carbocycles. The maximum atomic E-state index is 11.6. The van der Waals surface area contributed by atoms with E-state index in [1.165, 1.54) is 17.9 Å². The zero-order chi connectivity index (χ0) is 21.1. The molecule has 0 bridgehead atoms. The molecule has 1 N–H and O–H groups in total. The number of nitrogens with zero attached hydrogens (tertiary/aromatic N) is 2. The van der Waals surface area contributed by atoms with Gasteiger partial charge in [0.2, 0.25) is 0 Å². The molecule has 0 saturated heterocycles. The van der Waals surface area contributed by atoms with Crippen molar-refractivity contribution in [3.63, 3.8) is 0 Å². The summed E-state index contributed by atoms with van der Waals surface area (Å²) < 4.78 is 6.76. The van der Waals surface area contributed by atoms with Gasteiger partial charge in [0.1, 0.15) is 0 Å². The molecule has 0 unspecified atom stereocenters. The van der Waals surface area contributed by atoms with E-state index in [-0.39, 0.29) is 12.0 Å². The Morgan fingerprint density at radius 3 is 2.57 bits per heavy atom. The fourth-order valence-corrected chi connectivity index (χ4v) is 3.74. The smallest absolute Gasteiger partial charge is 0.337 e. The average Bonchev–Trinajstić information content (AvgIpc) is 3.18. The summed E-state index contributed by atoms with van der Waals surface area (Å²) in [6.45, 7) is 4.94. The fourth-order valence-electron chi connectivity index (χ4n) is 3.74. The number of hydrogen-bond donors (Lipinski definition) is 1. The van der Waals surface area contributed by atoms with Crippen LogP contribution in [0.4, 0.5) is 0 Å². The van der Waals surface area contributed by atoms with Crippen LogP contribution < -0.4 is 5.32 Å². The Bertz CT molecular complexity index is 1170. The Morgan fingerprint density at radius 2 is 1.80 bits per heavy atom. The quantitative estimate of drug-likeness (QED) is 0.465. The number of ether oxygens (including phenoxy) is 1. The lowest BCUT2D eigenvalue weighted by Gasteiger charge is -2.15. The molecule has 1 heterocycles. The van der Waals surface area contributed by atoms with Crippen molar-refractivity contribution in [3.05, 3.63) is 95.3 Å². The summed E-state index contributed by atoms with van der Waals surface area (Å²) in [5.74, 6) is -0.320. The summed E-state index contributed by atoms with van der Waals surface area (Å²) in [6.07, 6.45) is 1.94. The molecule has 0 fully saturated rings. The third kappa shape index (κ3) is 3.84. The predicted octanol–water partition coefficient (Wildman–Crippen LogP) is 4.97. The van der Waals surface area contributed by atoms with Gasteiger partial charge in [-0.15, -0.1) is 0 Å². The number of nitrogens with one attached hydrogen (secondary N) is 1. The maximum Gasteiger partial charge on any atom is 0.337 e. The zero-order valence-corrected chi connectivity index (χ0v) is 17.4. The molecule has 5 heteroatoms. The first-order chi connectivity index (χ1) is 14.6. The highest BCUT2D eigenvalue weighted by Crippen LogP contribution is 2.26. The van der Waals surface area contributed by atoms with Crippen LogP contribution in [-0.2, 0) is 11.3 Å². The molecule has 4 rings (SSSR count). The van der Waals surface area contributed by atoms with E-state index >= 15 is 0 Å². The Labute approximate surface area is 176 Å². The highest BCUT2D eigenvalue weighted by atomic mass is 16.5. The summed E-state index contributed by atoms with van der Waals surface area (Å²) >= 11 is 0. The lowest BCUT2D eigenvalue weighted by Crippen LogP contribution is -2.18. The first-order valence-electron chi connectivity index (χ1n) is 10.0. The lowest BCUT2D eigenvalue weighted by molar-refractivity contribution is 0.0600. The number of methoxy groups -OCH3 is 1. The molecule has 0 aliphatic carbocycles. The maximum absolute atomic E-state index is 11.6. The Balaban J connectivity index is 1.51. The SMILES string of the molecule is COC(=O)c1ccc(CN[C@H](C)c2cnn(-c3cccc4ccccc34)c2C)cc1. The van der Waals surface area contributed by atoms with Crippen molar-refractivity contribution in [2.45, 2.75) is 26.4 Å². The fraction of sp³-hybridized carbons (Fsp3) is 0.200. The van der Waals surface area contributed by atoms with Crippen LogP contribution in [0.1, 0.15) is 40.1 Å². The summed E-state index contributed by atoms with van der Waals surface area (Å²) in [4.78, 5) is 11.6. The third-order valence-corrected chi connectivity index (χ3v) is 5.50. The number of carbonyl (C=O) groups excluding carboxylic acids is 1. The average molecular weight is 399 g/mol. The minimum Gasteiger partial charge on any atom is -0.465 e. The van der Waals surface area contributed by atoms with Crippen LogP contribution in [0.3, 0.4) is 0 Å². The number of esters is 1. The molecule has 0 spiro atoms. The van der Waals surface area contributed by atoms with Crippen molar-refractivity contribution in [2.24, 2.45) is 0 Å². The van der Waals surface area contributed by atoms with E-state index in [9.17, 15) is 4.79 Å². The Kier molecular flexibility index (Phi) is 5.63. The van der Waals surface area contributed by atoms with E-state index in [2.05, 4.69) is 66.7 Å². The standard InChI is InChI=1S/C25H25N3O2/c1-17(26-15-19-11-13-21(14-12-19)25(29)30-3)23-16-27-28(18(23)2)24-10-6-8-20-7-4-5-9-22(20)24/h4-14,16-17,26H,15H2,1-3H3/t17-/m1/s1. The van der Waals surface area contributed by atoms with Crippen molar-refractivity contribution < 1.29 is 9.53 Å². The Morgan fingerprint density at radius 1 is 1.07 bits per heavy atom. The number of fused-ring (bicyclic) bond motifs is 1. The highest BCUT2D eigenvalue weighted by Gasteiger charge is 2.15. The second kappa shape index (κ2) is 8.51. The minimum absolute atomic E-state index is 0.133. The van der Waals surface area contributed by atoms with Gasteiger partial charge in [0.05, 0.1) is 24.6 Å². The van der Waals surface area contributed by atoms with E-state index in [0.29, 0.717) is 12.1 Å². The van der Waals surface area contributed by atoms with Gasteiger partial charge in [-0.2, -0.15) is 5.10 Å². The molecule has 1 atom stereocenters. The summed E-state index contributed by atoms with van der Waals surface area (Å²) in [5.41, 5.74) is 5.03. The minimum atomic E-state index is -0.320. The lowest BCUT2D eigenvalue weighted by atomic mass is 10.1. The Hall–Kier alpha value is -3.44. The zero-order valence-electron chi connectivity index (χ0n) is 17.4. The molecule has 152 valence electrons. The highest BCUT2D eigenvalue weighted by molar-refractivity contribution is 5.90. The normalized spacial score (nSPS) is 12.1. The van der Waals surface area contributed by atoms with Crippen LogP contribution in [0.2, 0.25) is 0 Å². The van der Waals surface area contributed by atoms with Crippen molar-refractivity contribution in [1.82, 2.24) is 15.1 Å². The molecule has 3 aromatic carbocycles. The largest absolute Gasteiger partial charge is 0.465 e. The van der Waals surface area contributed by atoms with Crippen molar-refractivity contribution in [2.75, 3.05) is 7.11 Å². The van der Waals surface area contributed by atoms with Gasteiger partial charge in [0.15, 0.2) is 0 Å². The van der Waals surface area contributed by atoms with E-state index in [1.54, 1.807) is 12.1 Å². The molecule has 30 heavy (non-hydrogen) atoms. The van der Waals surface area contributed by atoms with E-state index < -0.39 is 0 Å². The third-order valence-electron chi connectivity index (χ3n) is 5.50. The first kappa shape index (κ1) is 19.9. The summed E-state index contributed by atoms with van der Waals surface area (Å²) in [6, 6.07) is 22.2. The molecule has 0 radical (unpaired) electrons. The van der Waals surface area contributed by atoms with Gasteiger partial charge in [-0.3, -0.25) is 0 Å². The van der Waals surface area contributed by atoms with Crippen LogP contribution in [0.5, 0.6) is 0 Å². The molecular weight excluding hydrogens is 374 g/mol. The van der Waals surface area contributed by atoms with Crippen LogP contribution in [0.25, 0.3) is 16.5 Å². The van der Waals surface area contributed by atoms with Crippen LogP contribution >= 0.6 is 0 Å². The second-order valence-corrected chi connectivity index (χ2v) is 7.39. The number of rotatable bonds is 6. The number of benzene rings is 3. The molecule has 4 aromatic rings. The molecule has 0 aliphatic rings. The predicted molar refractivity (Wildman–Crippen MR) is 119 cm³/mol. The van der Waals surface area contributed by atoms with Gasteiger partial charge in [-0.05, 0) is 43.0 Å². The summed E-state index contributed by atoms with van der Waals surface area (Å²) in [5, 5.41) is 10.6. The number of aromatic nitrogens is 2. The van der Waals surface area contributed by atoms with E-state index in [4.69, 9.17) is 4.74 Å². The molecule has 5 nitrogen and oxygen atoms in total. The monoisotopic (exact) mass is 399 g/mol. The second-order valence-electron chi connectivity index (χ2n) is 7.39. The molecule has 1 aromatic heterocycles. The first-order valence-corrected chi connectivity index (χ1v) is 10.0. The van der Waals surface area contributed by atoms with Crippen molar-refractivity contribution >= 4 is 16.7 Å². The number of carbonyl (C=O) groups is 1. The van der Waals surface area contributed by atoms with Gasteiger partial charge >= 0.3 is 5.97 Å². The van der Waals surface area contributed by atoms with E-state index in [0.717, 1.165) is 22.5 Å². The van der Waals surface area contributed by atoms with Gasteiger partial charge in [-0.25, -0.2) is 9.48 Å². The van der Waals surface area contributed by atoms with Gasteiger partial charge in [0, 0.05) is 29.2 Å². The van der Waals surface area contributed by atoms with Gasteiger partial charge in [-0.1, -0.05) is 48.5 Å². The molecule has 0 amide bonds. The topological polar surface area (TPSA) is 56.1 Å². The van der Waals surface area contributed by atoms with Crippen LogP contribution in [-0.4, -0.2) is 22.9 Å². The van der Waals surface area contributed by atoms with Crippen LogP contribution in [0.15, 0.2) is 72.9 Å². The van der Waals surface area contributed by atoms with Crippen LogP contribution in [0, 0.1) is 6.92 Å². The number of hydrogen-bond acceptors (Lipinski definition) is 4. The molecule has 0 aliphatic heterocycles. The molecular formula is C25H25N3O2. The van der Waals surface area contributed by atoms with Gasteiger partial charge in [0.25, 0.3) is 0 Å².